The standard InChI is InChI=1S/C28H36N2O8/c31-26(10-11-27(32)33)29-12-5-14-35-16-18-37-19-17-36-15-13-30-28(34)38-20-25-23-8-3-1-6-21(23)22-7-2-4-9-24(22)25/h1-4,6-9,25H,5,10-20H2,(H,29,31)(H,30,34)(H,32,33). The van der Waals surface area contributed by atoms with Gasteiger partial charge in [-0.15, -0.1) is 0 Å². The third kappa shape index (κ3) is 9.77. The summed E-state index contributed by atoms with van der Waals surface area (Å²) in [6.07, 6.45) is -0.0158. The Morgan fingerprint density at radius 3 is 1.92 bits per heavy atom. The number of carboxylic acid groups (broad SMARTS) is 1. The zero-order chi connectivity index (χ0) is 27.0. The molecule has 1 aliphatic carbocycles. The molecule has 3 N–H and O–H groups in total. The van der Waals surface area contributed by atoms with Gasteiger partial charge >= 0.3 is 12.1 Å². The normalized spacial score (nSPS) is 12.0. The Balaban J connectivity index is 1.13. The predicted octanol–water partition coefficient (Wildman–Crippen LogP) is 2.95. The maximum atomic E-state index is 12.1. The molecule has 1 aliphatic rings. The van der Waals surface area contributed by atoms with Gasteiger partial charge in [0, 0.05) is 32.0 Å². The Morgan fingerprint density at radius 2 is 1.29 bits per heavy atom. The van der Waals surface area contributed by atoms with Crippen molar-refractivity contribution >= 4 is 18.0 Å². The summed E-state index contributed by atoms with van der Waals surface area (Å²) in [7, 11) is 0. The van der Waals surface area contributed by atoms with Gasteiger partial charge in [-0.25, -0.2) is 4.79 Å². The molecule has 2 aromatic carbocycles. The van der Waals surface area contributed by atoms with Crippen molar-refractivity contribution in [3.8, 4) is 11.1 Å². The first-order chi connectivity index (χ1) is 18.6. The number of nitrogens with one attached hydrogen (secondary N) is 2. The zero-order valence-electron chi connectivity index (χ0n) is 21.5. The zero-order valence-corrected chi connectivity index (χ0v) is 21.5. The second kappa shape index (κ2) is 16.4. The number of ether oxygens (including phenoxy) is 4. The number of aliphatic carboxylic acids is 1. The fourth-order valence-corrected chi connectivity index (χ4v) is 4.13. The molecule has 0 radical (unpaired) electrons. The minimum atomic E-state index is -0.987. The van der Waals surface area contributed by atoms with Gasteiger partial charge in [-0.05, 0) is 28.7 Å². The Kier molecular flexibility index (Phi) is 12.5. The maximum Gasteiger partial charge on any atom is 0.407 e. The number of alkyl carbamates (subject to hydrolysis) is 1. The van der Waals surface area contributed by atoms with Crippen molar-refractivity contribution in [1.82, 2.24) is 10.6 Å². The molecule has 10 heteroatoms. The molecular weight excluding hydrogens is 492 g/mol. The minimum absolute atomic E-state index is 0.0163. The lowest BCUT2D eigenvalue weighted by molar-refractivity contribution is -0.138. The molecule has 0 saturated carbocycles. The van der Waals surface area contributed by atoms with E-state index in [0.29, 0.717) is 59.2 Å². The number of hydrogen-bond donors (Lipinski definition) is 3. The van der Waals surface area contributed by atoms with E-state index < -0.39 is 12.1 Å². The Hall–Kier alpha value is -3.47. The summed E-state index contributed by atoms with van der Waals surface area (Å²) >= 11 is 0. The summed E-state index contributed by atoms with van der Waals surface area (Å²) in [6, 6.07) is 16.4. The fourth-order valence-electron chi connectivity index (χ4n) is 4.13. The summed E-state index contributed by atoms with van der Waals surface area (Å²) in [5.74, 6) is -1.23. The molecular formula is C28H36N2O8. The van der Waals surface area contributed by atoms with E-state index in [9.17, 15) is 14.4 Å². The van der Waals surface area contributed by atoms with Crippen LogP contribution in [0.4, 0.5) is 4.79 Å². The van der Waals surface area contributed by atoms with Crippen LogP contribution >= 0.6 is 0 Å². The third-order valence-corrected chi connectivity index (χ3v) is 5.96. The predicted molar refractivity (Wildman–Crippen MR) is 140 cm³/mol. The van der Waals surface area contributed by atoms with Crippen LogP contribution in [0.25, 0.3) is 11.1 Å². The SMILES string of the molecule is O=C(O)CCC(=O)NCCCOCCOCCOCCNC(=O)OCC1c2ccccc2-c2ccccc21. The molecule has 0 saturated heterocycles. The topological polar surface area (TPSA) is 132 Å². The number of amides is 2. The van der Waals surface area contributed by atoms with Crippen LogP contribution in [-0.4, -0.2) is 82.4 Å². The number of carbonyl (C=O) groups excluding carboxylic acids is 2. The monoisotopic (exact) mass is 528 g/mol. The molecule has 0 aromatic heterocycles. The highest BCUT2D eigenvalue weighted by molar-refractivity contribution is 5.80. The molecule has 38 heavy (non-hydrogen) atoms. The lowest BCUT2D eigenvalue weighted by Gasteiger charge is -2.14. The molecule has 0 aliphatic heterocycles. The molecule has 0 unspecified atom stereocenters. The first-order valence-corrected chi connectivity index (χ1v) is 12.9. The van der Waals surface area contributed by atoms with E-state index in [4.69, 9.17) is 24.1 Å². The number of fused-ring (bicyclic) bond motifs is 3. The van der Waals surface area contributed by atoms with Crippen LogP contribution in [0, 0.1) is 0 Å². The largest absolute Gasteiger partial charge is 0.481 e. The van der Waals surface area contributed by atoms with E-state index in [1.165, 1.54) is 22.3 Å². The Labute approximate surface area is 222 Å². The van der Waals surface area contributed by atoms with Gasteiger partial charge in [0.25, 0.3) is 0 Å². The van der Waals surface area contributed by atoms with Gasteiger partial charge in [-0.2, -0.15) is 0 Å². The van der Waals surface area contributed by atoms with Crippen LogP contribution in [0.2, 0.25) is 0 Å². The number of carboxylic acids is 1. The van der Waals surface area contributed by atoms with Gasteiger partial charge in [-0.1, -0.05) is 48.5 Å². The second-order valence-electron chi connectivity index (χ2n) is 8.69. The fraction of sp³-hybridized carbons (Fsp3) is 0.464. The number of rotatable bonds is 18. The van der Waals surface area contributed by atoms with Gasteiger partial charge in [0.15, 0.2) is 0 Å². The number of benzene rings is 2. The van der Waals surface area contributed by atoms with Crippen molar-refractivity contribution in [2.45, 2.75) is 25.2 Å². The molecule has 2 aromatic rings. The summed E-state index contributed by atoms with van der Waals surface area (Å²) in [5.41, 5.74) is 4.73. The van der Waals surface area contributed by atoms with Crippen molar-refractivity contribution in [3.63, 3.8) is 0 Å². The van der Waals surface area contributed by atoms with Crippen molar-refractivity contribution in [1.29, 1.82) is 0 Å². The molecule has 3 rings (SSSR count). The Morgan fingerprint density at radius 1 is 0.711 bits per heavy atom. The Bertz CT molecular complexity index is 1000. The van der Waals surface area contributed by atoms with Crippen molar-refractivity contribution < 1.29 is 38.4 Å². The third-order valence-electron chi connectivity index (χ3n) is 5.96. The van der Waals surface area contributed by atoms with E-state index in [-0.39, 0.29) is 31.3 Å². The number of hydrogen-bond acceptors (Lipinski definition) is 7. The molecule has 0 fully saturated rings. The van der Waals surface area contributed by atoms with Crippen LogP contribution in [0.15, 0.2) is 48.5 Å². The van der Waals surface area contributed by atoms with Crippen LogP contribution in [0.5, 0.6) is 0 Å². The van der Waals surface area contributed by atoms with Crippen LogP contribution < -0.4 is 10.6 Å². The van der Waals surface area contributed by atoms with Gasteiger partial charge in [0.05, 0.1) is 39.5 Å². The molecule has 0 heterocycles. The molecule has 0 spiro atoms. The van der Waals surface area contributed by atoms with Gasteiger partial charge in [0.2, 0.25) is 5.91 Å². The quantitative estimate of drug-likeness (QED) is 0.252. The summed E-state index contributed by atoms with van der Waals surface area (Å²) in [4.78, 5) is 33.9. The summed E-state index contributed by atoms with van der Waals surface area (Å²) < 4.78 is 21.8. The van der Waals surface area contributed by atoms with Crippen LogP contribution in [-0.2, 0) is 28.5 Å². The van der Waals surface area contributed by atoms with E-state index >= 15 is 0 Å². The first-order valence-electron chi connectivity index (χ1n) is 12.9. The maximum absolute atomic E-state index is 12.1. The van der Waals surface area contributed by atoms with Gasteiger partial charge < -0.3 is 34.7 Å². The molecule has 2 amide bonds. The molecule has 206 valence electrons. The average molecular weight is 529 g/mol. The van der Waals surface area contributed by atoms with E-state index in [0.717, 1.165) is 0 Å². The number of carbonyl (C=O) groups is 3. The second-order valence-corrected chi connectivity index (χ2v) is 8.69. The highest BCUT2D eigenvalue weighted by Crippen LogP contribution is 2.44. The molecule has 0 atom stereocenters. The lowest BCUT2D eigenvalue weighted by atomic mass is 9.98. The summed E-state index contributed by atoms with van der Waals surface area (Å²) in [5, 5.41) is 13.9. The highest BCUT2D eigenvalue weighted by atomic mass is 16.6. The summed E-state index contributed by atoms with van der Waals surface area (Å²) in [6.45, 7) is 3.54. The van der Waals surface area contributed by atoms with E-state index in [1.807, 2.05) is 24.3 Å². The van der Waals surface area contributed by atoms with Crippen molar-refractivity contribution in [3.05, 3.63) is 59.7 Å². The van der Waals surface area contributed by atoms with Crippen LogP contribution in [0.1, 0.15) is 36.3 Å². The van der Waals surface area contributed by atoms with Crippen LogP contribution in [0.3, 0.4) is 0 Å². The van der Waals surface area contributed by atoms with Crippen molar-refractivity contribution in [2.75, 3.05) is 59.3 Å². The molecule has 10 nitrogen and oxygen atoms in total. The lowest BCUT2D eigenvalue weighted by Crippen LogP contribution is -2.29. The van der Waals surface area contributed by atoms with E-state index in [1.54, 1.807) is 0 Å². The van der Waals surface area contributed by atoms with Gasteiger partial charge in [-0.3, -0.25) is 9.59 Å². The average Bonchev–Trinajstić information content (AvgIpc) is 3.24. The minimum Gasteiger partial charge on any atom is -0.481 e. The smallest absolute Gasteiger partial charge is 0.407 e. The van der Waals surface area contributed by atoms with E-state index in [2.05, 4.69) is 34.9 Å². The highest BCUT2D eigenvalue weighted by Gasteiger charge is 2.28. The van der Waals surface area contributed by atoms with Gasteiger partial charge in [0.1, 0.15) is 6.61 Å². The first kappa shape index (κ1) is 29.1. The molecule has 0 bridgehead atoms. The van der Waals surface area contributed by atoms with Crippen molar-refractivity contribution in [2.24, 2.45) is 0 Å².